The molecule has 0 radical (unpaired) electrons. The Kier molecular flexibility index (Phi) is 6.11. The molecule has 1 saturated heterocycles. The van der Waals surface area contributed by atoms with Crippen LogP contribution in [0.2, 0.25) is 0 Å². The van der Waals surface area contributed by atoms with Gasteiger partial charge in [-0.15, -0.1) is 0 Å². The van der Waals surface area contributed by atoms with Crippen LogP contribution in [0.1, 0.15) is 34.4 Å². The smallest absolute Gasteiger partial charge is 0.289 e. The summed E-state index contributed by atoms with van der Waals surface area (Å²) in [6.07, 6.45) is 0. The molecule has 2 aromatic carbocycles. The van der Waals surface area contributed by atoms with E-state index in [-0.39, 0.29) is 34.1 Å². The van der Waals surface area contributed by atoms with E-state index in [0.717, 1.165) is 12.2 Å². The zero-order valence-electron chi connectivity index (χ0n) is 18.6. The fraction of sp³-hybridized carbons (Fsp3) is 0.320. The van der Waals surface area contributed by atoms with Gasteiger partial charge in [-0.25, -0.2) is 8.42 Å². The quantitative estimate of drug-likeness (QED) is 0.580. The van der Waals surface area contributed by atoms with E-state index >= 15 is 0 Å². The zero-order valence-corrected chi connectivity index (χ0v) is 19.4. The van der Waals surface area contributed by atoms with Crippen LogP contribution >= 0.6 is 0 Å². The molecule has 2 heterocycles. The normalized spacial score (nSPS) is 16.9. The van der Waals surface area contributed by atoms with E-state index in [0.29, 0.717) is 18.7 Å². The second-order valence-corrected chi connectivity index (χ2v) is 10.4. The molecular formula is C25H28N2O4S. The molecule has 3 aromatic rings. The minimum absolute atomic E-state index is 0.158. The maximum atomic E-state index is 13.0. The molecule has 168 valence electrons. The molecule has 1 aliphatic rings. The summed E-state index contributed by atoms with van der Waals surface area (Å²) in [5.41, 5.74) is 3.05. The molecule has 0 N–H and O–H groups in total. The average Bonchev–Trinajstić information content (AvgIpc) is 3.21. The first-order valence-electron chi connectivity index (χ1n) is 10.7. The molecule has 1 aromatic heterocycles. The lowest BCUT2D eigenvalue weighted by molar-refractivity contribution is 0.0692. The standard InChI is InChI=1S/C25H28N2O4S/c1-18-7-6-9-21(15-18)27-14-13-26(16-20(27)3)25(28)23-12-11-22(31-23)17-32(29,30)24-10-5-4-8-19(24)2/h4-12,15,20H,13-14,16-17H2,1-3H3/t20-/m0/s1. The van der Waals surface area contributed by atoms with Gasteiger partial charge in [-0.05, 0) is 62.2 Å². The van der Waals surface area contributed by atoms with Gasteiger partial charge in [0.05, 0.1) is 4.90 Å². The molecule has 1 fully saturated rings. The summed E-state index contributed by atoms with van der Waals surface area (Å²) in [4.78, 5) is 17.4. The minimum atomic E-state index is -3.56. The Labute approximate surface area is 189 Å². The Morgan fingerprint density at radius 2 is 1.81 bits per heavy atom. The third-order valence-electron chi connectivity index (χ3n) is 5.88. The monoisotopic (exact) mass is 452 g/mol. The van der Waals surface area contributed by atoms with E-state index in [1.165, 1.54) is 5.56 Å². The third-order valence-corrected chi connectivity index (χ3v) is 7.67. The zero-order chi connectivity index (χ0) is 22.9. The van der Waals surface area contributed by atoms with E-state index < -0.39 is 9.84 Å². The van der Waals surface area contributed by atoms with Gasteiger partial charge in [0.15, 0.2) is 15.6 Å². The number of benzene rings is 2. The lowest BCUT2D eigenvalue weighted by Gasteiger charge is -2.41. The summed E-state index contributed by atoms with van der Waals surface area (Å²) in [5, 5.41) is 0. The van der Waals surface area contributed by atoms with E-state index in [2.05, 4.69) is 36.9 Å². The average molecular weight is 453 g/mol. The van der Waals surface area contributed by atoms with Gasteiger partial charge in [-0.1, -0.05) is 30.3 Å². The van der Waals surface area contributed by atoms with Crippen molar-refractivity contribution in [3.63, 3.8) is 0 Å². The van der Waals surface area contributed by atoms with Crippen molar-refractivity contribution in [3.05, 3.63) is 83.3 Å². The van der Waals surface area contributed by atoms with Gasteiger partial charge in [-0.3, -0.25) is 4.79 Å². The molecule has 6 nitrogen and oxygen atoms in total. The van der Waals surface area contributed by atoms with Gasteiger partial charge in [0.25, 0.3) is 5.91 Å². The van der Waals surface area contributed by atoms with Crippen LogP contribution < -0.4 is 4.90 Å². The third kappa shape index (κ3) is 4.58. The second-order valence-electron chi connectivity index (χ2n) is 8.42. The number of aryl methyl sites for hydroxylation is 2. The van der Waals surface area contributed by atoms with Crippen LogP contribution in [0, 0.1) is 13.8 Å². The van der Waals surface area contributed by atoms with Crippen LogP contribution in [0.4, 0.5) is 5.69 Å². The van der Waals surface area contributed by atoms with Crippen molar-refractivity contribution in [2.24, 2.45) is 0 Å². The molecule has 0 saturated carbocycles. The molecule has 0 unspecified atom stereocenters. The van der Waals surface area contributed by atoms with Gasteiger partial charge >= 0.3 is 0 Å². The van der Waals surface area contributed by atoms with E-state index in [9.17, 15) is 13.2 Å². The Hall–Kier alpha value is -3.06. The number of sulfone groups is 1. The number of carbonyl (C=O) groups is 1. The molecule has 0 spiro atoms. The first kappa shape index (κ1) is 22.1. The summed E-state index contributed by atoms with van der Waals surface area (Å²) in [5.74, 6) is -0.0395. The topological polar surface area (TPSA) is 70.8 Å². The Morgan fingerprint density at radius 1 is 1.03 bits per heavy atom. The van der Waals surface area contributed by atoms with Gasteiger partial charge in [0.2, 0.25) is 0 Å². The van der Waals surface area contributed by atoms with Crippen LogP contribution in [0.5, 0.6) is 0 Å². The Bertz CT molecular complexity index is 1230. The largest absolute Gasteiger partial charge is 0.455 e. The molecule has 1 aliphatic heterocycles. The number of hydrogen-bond acceptors (Lipinski definition) is 5. The molecule has 32 heavy (non-hydrogen) atoms. The summed E-state index contributed by atoms with van der Waals surface area (Å²) < 4.78 is 31.2. The number of furan rings is 1. The molecule has 1 atom stereocenters. The van der Waals surface area contributed by atoms with E-state index in [1.807, 2.05) is 6.07 Å². The van der Waals surface area contributed by atoms with Crippen molar-refractivity contribution < 1.29 is 17.6 Å². The number of hydrogen-bond donors (Lipinski definition) is 0. The highest BCUT2D eigenvalue weighted by atomic mass is 32.2. The number of anilines is 1. The van der Waals surface area contributed by atoms with Crippen LogP contribution in [-0.2, 0) is 15.6 Å². The first-order chi connectivity index (χ1) is 15.2. The van der Waals surface area contributed by atoms with Crippen molar-refractivity contribution in [2.75, 3.05) is 24.5 Å². The predicted molar refractivity (Wildman–Crippen MR) is 125 cm³/mol. The van der Waals surface area contributed by atoms with Crippen molar-refractivity contribution >= 4 is 21.4 Å². The van der Waals surface area contributed by atoms with Crippen LogP contribution in [-0.4, -0.2) is 44.9 Å². The fourth-order valence-electron chi connectivity index (χ4n) is 4.23. The highest BCUT2D eigenvalue weighted by Crippen LogP contribution is 2.24. The first-order valence-corrected chi connectivity index (χ1v) is 12.4. The molecular weight excluding hydrogens is 424 g/mol. The molecule has 7 heteroatoms. The van der Waals surface area contributed by atoms with Crippen LogP contribution in [0.3, 0.4) is 0 Å². The SMILES string of the molecule is Cc1cccc(N2CCN(C(=O)c3ccc(CS(=O)(=O)c4ccccc4C)o3)C[C@@H]2C)c1. The number of piperazine rings is 1. The second kappa shape index (κ2) is 8.82. The maximum Gasteiger partial charge on any atom is 0.289 e. The Morgan fingerprint density at radius 3 is 2.53 bits per heavy atom. The van der Waals surface area contributed by atoms with E-state index in [1.54, 1.807) is 48.2 Å². The molecule has 1 amide bonds. The minimum Gasteiger partial charge on any atom is -0.455 e. The van der Waals surface area contributed by atoms with Gasteiger partial charge in [0.1, 0.15) is 11.5 Å². The lowest BCUT2D eigenvalue weighted by atomic mass is 10.1. The summed E-state index contributed by atoms with van der Waals surface area (Å²) in [6.45, 7) is 7.82. The van der Waals surface area contributed by atoms with Gasteiger partial charge in [0, 0.05) is 31.4 Å². The molecule has 0 bridgehead atoms. The number of carbonyl (C=O) groups excluding carboxylic acids is 1. The maximum absolute atomic E-state index is 13.0. The number of nitrogens with zero attached hydrogens (tertiary/aromatic N) is 2. The predicted octanol–water partition coefficient (Wildman–Crippen LogP) is 4.22. The highest BCUT2D eigenvalue weighted by molar-refractivity contribution is 7.90. The van der Waals surface area contributed by atoms with Crippen LogP contribution in [0.25, 0.3) is 0 Å². The van der Waals surface area contributed by atoms with Crippen molar-refractivity contribution in [1.82, 2.24) is 4.90 Å². The van der Waals surface area contributed by atoms with Gasteiger partial charge < -0.3 is 14.2 Å². The van der Waals surface area contributed by atoms with Crippen molar-refractivity contribution in [3.8, 4) is 0 Å². The summed E-state index contributed by atoms with van der Waals surface area (Å²) >= 11 is 0. The van der Waals surface area contributed by atoms with Crippen molar-refractivity contribution in [1.29, 1.82) is 0 Å². The Balaban J connectivity index is 1.44. The summed E-state index contributed by atoms with van der Waals surface area (Å²) in [7, 11) is -3.56. The molecule has 4 rings (SSSR count). The van der Waals surface area contributed by atoms with Gasteiger partial charge in [-0.2, -0.15) is 0 Å². The summed E-state index contributed by atoms with van der Waals surface area (Å²) in [6, 6.07) is 18.5. The molecule has 0 aliphatic carbocycles. The fourth-order valence-corrected chi connectivity index (χ4v) is 5.76. The van der Waals surface area contributed by atoms with Crippen molar-refractivity contribution in [2.45, 2.75) is 37.5 Å². The van der Waals surface area contributed by atoms with E-state index in [4.69, 9.17) is 4.42 Å². The highest BCUT2D eigenvalue weighted by Gasteiger charge is 2.29. The van der Waals surface area contributed by atoms with Crippen LogP contribution in [0.15, 0.2) is 70.0 Å². The number of amides is 1. The number of rotatable bonds is 5. The lowest BCUT2D eigenvalue weighted by Crippen LogP contribution is -2.53.